The third-order valence-electron chi connectivity index (χ3n) is 7.45. The number of fused-ring (bicyclic) bond motifs is 4. The average Bonchev–Trinajstić information content (AvgIpc) is 3.52. The maximum absolute atomic E-state index is 14.1. The maximum atomic E-state index is 14.1. The zero-order chi connectivity index (χ0) is 31.4. The molecule has 208 valence electrons. The van der Waals surface area contributed by atoms with Crippen LogP contribution in [0.3, 0.4) is 0 Å². The number of rotatable bonds is 2. The molecular weight excluding hydrogens is 578 g/mol. The predicted octanol–water partition coefficient (Wildman–Crippen LogP) is 8.39. The van der Waals surface area contributed by atoms with Gasteiger partial charge >= 0.3 is 0 Å². The van der Waals surface area contributed by atoms with Crippen LogP contribution in [0.2, 0.25) is 0 Å². The summed E-state index contributed by atoms with van der Waals surface area (Å²) in [6.45, 7) is 0. The molecular formula is C34H10F6N4. The van der Waals surface area contributed by atoms with Gasteiger partial charge in [-0.05, 0) is 80.9 Å². The monoisotopic (exact) mass is 588 g/mol. The largest absolute Gasteiger partial charge is 0.204 e. The zero-order valence-corrected chi connectivity index (χ0v) is 21.8. The van der Waals surface area contributed by atoms with Gasteiger partial charge in [0.05, 0.1) is 0 Å². The first-order valence-electron chi connectivity index (χ1n) is 12.6. The molecule has 10 heteroatoms. The molecule has 44 heavy (non-hydrogen) atoms. The summed E-state index contributed by atoms with van der Waals surface area (Å²) >= 11 is 0. The quantitative estimate of drug-likeness (QED) is 0.134. The molecule has 0 heterocycles. The lowest BCUT2D eigenvalue weighted by Gasteiger charge is -2.15. The Morgan fingerprint density at radius 3 is 1.02 bits per heavy atom. The number of benzene rings is 4. The number of nitriles is 4. The SMILES string of the molecule is N#CC(C#N)=C1C2=C(C(=C(C#N)C#N)c3cc(-c4cc(F)c(F)c(F)c4)ccc32)c2ccc(-c3cc(F)c(F)c(F)c3)cc21. The second kappa shape index (κ2) is 10.2. The molecule has 0 atom stereocenters. The van der Waals surface area contributed by atoms with Gasteiger partial charge in [-0.25, -0.2) is 26.3 Å². The highest BCUT2D eigenvalue weighted by Crippen LogP contribution is 2.59. The topological polar surface area (TPSA) is 95.2 Å². The van der Waals surface area contributed by atoms with Crippen LogP contribution in [-0.2, 0) is 0 Å². The van der Waals surface area contributed by atoms with Crippen molar-refractivity contribution in [3.8, 4) is 46.5 Å². The van der Waals surface area contributed by atoms with E-state index in [1.54, 1.807) is 0 Å². The van der Waals surface area contributed by atoms with E-state index in [-0.39, 0.29) is 55.7 Å². The van der Waals surface area contributed by atoms with Crippen LogP contribution in [0, 0.1) is 80.2 Å². The highest BCUT2D eigenvalue weighted by atomic mass is 19.2. The summed E-state index contributed by atoms with van der Waals surface area (Å²) in [7, 11) is 0. The first-order chi connectivity index (χ1) is 21.1. The van der Waals surface area contributed by atoms with Gasteiger partial charge in [-0.1, -0.05) is 24.3 Å². The third kappa shape index (κ3) is 3.98. The van der Waals surface area contributed by atoms with E-state index in [9.17, 15) is 47.4 Å². The zero-order valence-electron chi connectivity index (χ0n) is 21.8. The molecule has 0 bridgehead atoms. The van der Waals surface area contributed by atoms with Crippen molar-refractivity contribution in [3.05, 3.63) is 129 Å². The Balaban J connectivity index is 1.64. The second-order valence-electron chi connectivity index (χ2n) is 9.73. The number of hydrogen-bond donors (Lipinski definition) is 0. The minimum atomic E-state index is -1.65. The van der Waals surface area contributed by atoms with Crippen LogP contribution in [-0.4, -0.2) is 0 Å². The Hall–Kier alpha value is -6.36. The van der Waals surface area contributed by atoms with Crippen molar-refractivity contribution in [3.63, 3.8) is 0 Å². The van der Waals surface area contributed by atoms with E-state index >= 15 is 0 Å². The Labute approximate surface area is 245 Å². The third-order valence-corrected chi connectivity index (χ3v) is 7.45. The maximum Gasteiger partial charge on any atom is 0.194 e. The predicted molar refractivity (Wildman–Crippen MR) is 147 cm³/mol. The van der Waals surface area contributed by atoms with Gasteiger partial charge in [0.15, 0.2) is 34.9 Å². The highest BCUT2D eigenvalue weighted by molar-refractivity contribution is 6.38. The molecule has 0 spiro atoms. The van der Waals surface area contributed by atoms with Gasteiger partial charge in [0.2, 0.25) is 0 Å². The van der Waals surface area contributed by atoms with Gasteiger partial charge in [0.25, 0.3) is 0 Å². The summed E-state index contributed by atoms with van der Waals surface area (Å²) in [5.41, 5.74) is 1.84. The highest BCUT2D eigenvalue weighted by Gasteiger charge is 2.40. The molecule has 0 aromatic heterocycles. The number of nitrogens with zero attached hydrogens (tertiary/aromatic N) is 4. The molecule has 0 saturated carbocycles. The Bertz CT molecular complexity index is 2050. The minimum Gasteiger partial charge on any atom is -0.204 e. The van der Waals surface area contributed by atoms with E-state index in [2.05, 4.69) is 0 Å². The molecule has 0 radical (unpaired) electrons. The molecule has 0 fully saturated rings. The van der Waals surface area contributed by atoms with Crippen molar-refractivity contribution < 1.29 is 26.3 Å². The summed E-state index contributed by atoms with van der Waals surface area (Å²) < 4.78 is 83.5. The first kappa shape index (κ1) is 27.8. The van der Waals surface area contributed by atoms with Crippen molar-refractivity contribution in [2.24, 2.45) is 0 Å². The smallest absolute Gasteiger partial charge is 0.194 e. The molecule has 2 aliphatic carbocycles. The van der Waals surface area contributed by atoms with Crippen molar-refractivity contribution >= 4 is 22.3 Å². The van der Waals surface area contributed by atoms with Crippen LogP contribution in [0.25, 0.3) is 44.5 Å². The van der Waals surface area contributed by atoms with Crippen LogP contribution < -0.4 is 0 Å². The van der Waals surface area contributed by atoms with Gasteiger partial charge in [-0.3, -0.25) is 0 Å². The number of hydrogen-bond acceptors (Lipinski definition) is 4. The van der Waals surface area contributed by atoms with Gasteiger partial charge in [0, 0.05) is 22.3 Å². The number of halogens is 6. The fourth-order valence-electron chi connectivity index (χ4n) is 5.59. The molecule has 4 aromatic carbocycles. The second-order valence-corrected chi connectivity index (χ2v) is 9.73. The van der Waals surface area contributed by atoms with Crippen LogP contribution in [0.4, 0.5) is 26.3 Å². The standard InChI is InChI=1S/C34H10F6N4/c35-25-7-17(8-26(36)33(25)39)15-1-3-21-23(5-15)29(19(11-41)12-42)32-22-4-2-16(18-9-27(37)34(40)28(38)10-18)6-24(22)30(31(21)32)20(13-43)14-44/h1-10H. The summed E-state index contributed by atoms with van der Waals surface area (Å²) in [5, 5.41) is 39.6. The Morgan fingerprint density at radius 2 is 0.727 bits per heavy atom. The fourth-order valence-corrected chi connectivity index (χ4v) is 5.59. The summed E-state index contributed by atoms with van der Waals surface area (Å²) in [5.74, 6) is -8.98. The van der Waals surface area contributed by atoms with Gasteiger partial charge in [0.1, 0.15) is 35.4 Å². The lowest BCUT2D eigenvalue weighted by molar-refractivity contribution is 0.447. The number of allylic oxidation sites excluding steroid dienone is 6. The Morgan fingerprint density at radius 1 is 0.409 bits per heavy atom. The average molecular weight is 588 g/mol. The van der Waals surface area contributed by atoms with Gasteiger partial charge in [-0.15, -0.1) is 0 Å². The molecule has 2 aliphatic rings. The van der Waals surface area contributed by atoms with Crippen molar-refractivity contribution in [2.45, 2.75) is 0 Å². The Kier molecular flexibility index (Phi) is 6.43. The molecule has 0 N–H and O–H groups in total. The molecule has 0 aliphatic heterocycles. The molecule has 0 unspecified atom stereocenters. The molecule has 4 nitrogen and oxygen atoms in total. The van der Waals surface area contributed by atoms with E-state index in [0.717, 1.165) is 24.3 Å². The van der Waals surface area contributed by atoms with Crippen molar-refractivity contribution in [1.82, 2.24) is 0 Å². The van der Waals surface area contributed by atoms with Crippen molar-refractivity contribution in [2.75, 3.05) is 0 Å². The van der Waals surface area contributed by atoms with Gasteiger partial charge < -0.3 is 0 Å². The van der Waals surface area contributed by atoms with E-state index in [1.807, 2.05) is 24.3 Å². The van der Waals surface area contributed by atoms with E-state index in [4.69, 9.17) is 0 Å². The molecule has 4 aromatic rings. The summed E-state index contributed by atoms with van der Waals surface area (Å²) in [6.07, 6.45) is 0. The summed E-state index contributed by atoms with van der Waals surface area (Å²) in [6, 6.07) is 19.4. The van der Waals surface area contributed by atoms with E-state index in [0.29, 0.717) is 22.3 Å². The normalized spacial score (nSPS) is 12.5. The molecule has 6 rings (SSSR count). The lowest BCUT2D eigenvalue weighted by atomic mass is 9.87. The van der Waals surface area contributed by atoms with Crippen LogP contribution in [0.1, 0.15) is 22.3 Å². The van der Waals surface area contributed by atoms with E-state index in [1.165, 1.54) is 36.4 Å². The molecule has 0 saturated heterocycles. The molecule has 0 amide bonds. The van der Waals surface area contributed by atoms with Crippen LogP contribution in [0.15, 0.2) is 71.8 Å². The fraction of sp³-hybridized carbons (Fsp3) is 0. The minimum absolute atomic E-state index is 0.0274. The van der Waals surface area contributed by atoms with E-state index < -0.39 is 34.9 Å². The van der Waals surface area contributed by atoms with Crippen molar-refractivity contribution in [1.29, 1.82) is 21.0 Å². The first-order valence-corrected chi connectivity index (χ1v) is 12.6. The van der Waals surface area contributed by atoms with Crippen LogP contribution in [0.5, 0.6) is 0 Å². The van der Waals surface area contributed by atoms with Crippen LogP contribution >= 0.6 is 0 Å². The summed E-state index contributed by atoms with van der Waals surface area (Å²) in [4.78, 5) is 0. The lowest BCUT2D eigenvalue weighted by Crippen LogP contribution is -1.98. The van der Waals surface area contributed by atoms with Gasteiger partial charge in [-0.2, -0.15) is 21.0 Å².